The van der Waals surface area contributed by atoms with Gasteiger partial charge in [0.05, 0.1) is 29.5 Å². The molecule has 8 heteroatoms. The molecule has 172 valence electrons. The Balaban J connectivity index is 1.55. The SMILES string of the molecule is COc1ccc(C2CC(=O)Oc3c2c(=O)oc2ccccc32)cc1COc1ccc(Br)cc1Cl. The van der Waals surface area contributed by atoms with Crippen molar-refractivity contribution >= 4 is 44.5 Å². The first kappa shape index (κ1) is 22.5. The number of hydrogen-bond donors (Lipinski definition) is 0. The molecule has 3 aromatic carbocycles. The van der Waals surface area contributed by atoms with Gasteiger partial charge in [-0.05, 0) is 48.0 Å². The minimum absolute atomic E-state index is 0.0151. The van der Waals surface area contributed by atoms with Crippen LogP contribution in [0.25, 0.3) is 11.0 Å². The lowest BCUT2D eigenvalue weighted by Gasteiger charge is -2.25. The van der Waals surface area contributed by atoms with Crippen LogP contribution < -0.4 is 19.8 Å². The minimum Gasteiger partial charge on any atom is -0.496 e. The van der Waals surface area contributed by atoms with Crippen LogP contribution in [0, 0.1) is 0 Å². The number of hydrogen-bond acceptors (Lipinski definition) is 6. The average molecular weight is 542 g/mol. The molecule has 1 atom stereocenters. The molecule has 0 N–H and O–H groups in total. The number of carbonyl (C=O) groups excluding carboxylic acids is 1. The second-order valence-corrected chi connectivity index (χ2v) is 9.12. The van der Waals surface area contributed by atoms with Gasteiger partial charge in [0.25, 0.3) is 0 Å². The quantitative estimate of drug-likeness (QED) is 0.220. The zero-order valence-corrected chi connectivity index (χ0v) is 20.3. The van der Waals surface area contributed by atoms with E-state index in [9.17, 15) is 9.59 Å². The second-order valence-electron chi connectivity index (χ2n) is 7.79. The fourth-order valence-electron chi connectivity index (χ4n) is 4.13. The molecule has 1 aromatic heterocycles. The summed E-state index contributed by atoms with van der Waals surface area (Å²) in [5.41, 5.74) is 1.66. The van der Waals surface area contributed by atoms with Crippen LogP contribution in [0.15, 0.2) is 74.3 Å². The first-order chi connectivity index (χ1) is 16.4. The van der Waals surface area contributed by atoms with Gasteiger partial charge in [0.2, 0.25) is 0 Å². The van der Waals surface area contributed by atoms with E-state index in [0.717, 1.165) is 15.6 Å². The molecule has 0 radical (unpaired) electrons. The number of rotatable bonds is 5. The highest BCUT2D eigenvalue weighted by molar-refractivity contribution is 9.10. The highest BCUT2D eigenvalue weighted by Gasteiger charge is 2.34. The van der Waals surface area contributed by atoms with E-state index in [4.69, 9.17) is 30.2 Å². The number of para-hydroxylation sites is 1. The van der Waals surface area contributed by atoms with Crippen LogP contribution >= 0.6 is 27.5 Å². The largest absolute Gasteiger partial charge is 0.496 e. The van der Waals surface area contributed by atoms with Gasteiger partial charge in [-0.15, -0.1) is 0 Å². The zero-order chi connectivity index (χ0) is 23.8. The number of methoxy groups -OCH3 is 1. The molecule has 34 heavy (non-hydrogen) atoms. The van der Waals surface area contributed by atoms with Crippen LogP contribution in [0.4, 0.5) is 0 Å². The maximum Gasteiger partial charge on any atom is 0.343 e. The summed E-state index contributed by atoms with van der Waals surface area (Å²) in [6, 6.07) is 17.8. The van der Waals surface area contributed by atoms with Gasteiger partial charge < -0.3 is 18.6 Å². The summed E-state index contributed by atoms with van der Waals surface area (Å²) in [4.78, 5) is 25.5. The Bertz CT molecular complexity index is 1480. The zero-order valence-electron chi connectivity index (χ0n) is 18.0. The summed E-state index contributed by atoms with van der Waals surface area (Å²) < 4.78 is 23.3. The van der Waals surface area contributed by atoms with Crippen molar-refractivity contribution in [3.63, 3.8) is 0 Å². The Hall–Kier alpha value is -3.29. The fraction of sp³-hybridized carbons (Fsp3) is 0.154. The molecular weight excluding hydrogens is 524 g/mol. The van der Waals surface area contributed by atoms with Gasteiger partial charge in [-0.3, -0.25) is 4.79 Å². The Labute approximate surface area is 208 Å². The summed E-state index contributed by atoms with van der Waals surface area (Å²) in [5, 5.41) is 1.05. The van der Waals surface area contributed by atoms with Crippen LogP contribution in [-0.4, -0.2) is 13.1 Å². The molecule has 0 aliphatic carbocycles. The number of esters is 1. The van der Waals surface area contributed by atoms with Crippen LogP contribution in [0.3, 0.4) is 0 Å². The van der Waals surface area contributed by atoms with Gasteiger partial charge in [-0.1, -0.05) is 45.7 Å². The molecule has 5 rings (SSSR count). The molecule has 1 aliphatic rings. The lowest BCUT2D eigenvalue weighted by Crippen LogP contribution is -2.26. The average Bonchev–Trinajstić information content (AvgIpc) is 2.83. The van der Waals surface area contributed by atoms with Gasteiger partial charge in [-0.25, -0.2) is 4.79 Å². The van der Waals surface area contributed by atoms with Crippen molar-refractivity contribution in [2.75, 3.05) is 7.11 Å². The van der Waals surface area contributed by atoms with E-state index in [1.54, 1.807) is 49.6 Å². The predicted molar refractivity (Wildman–Crippen MR) is 131 cm³/mol. The smallest absolute Gasteiger partial charge is 0.343 e. The highest BCUT2D eigenvalue weighted by atomic mass is 79.9. The van der Waals surface area contributed by atoms with Gasteiger partial charge in [0, 0.05) is 16.0 Å². The number of halogens is 2. The highest BCUT2D eigenvalue weighted by Crippen LogP contribution is 2.41. The minimum atomic E-state index is -0.530. The summed E-state index contributed by atoms with van der Waals surface area (Å²) in [7, 11) is 1.57. The first-order valence-electron chi connectivity index (χ1n) is 10.5. The van der Waals surface area contributed by atoms with E-state index in [1.165, 1.54) is 0 Å². The maximum atomic E-state index is 12.9. The third kappa shape index (κ3) is 4.17. The number of benzene rings is 3. The molecule has 1 unspecified atom stereocenters. The maximum absolute atomic E-state index is 12.9. The third-order valence-electron chi connectivity index (χ3n) is 5.72. The molecule has 0 saturated carbocycles. The standard InChI is InChI=1S/C26H18BrClO6/c1-31-20-8-6-14(10-15(20)13-32-22-9-7-16(27)11-19(22)28)18-12-23(29)34-25-17-4-2-3-5-21(17)33-26(30)24(18)25/h2-11,18H,12-13H2,1H3. The fourth-order valence-corrected chi connectivity index (χ4v) is 4.86. The van der Waals surface area contributed by atoms with Crippen LogP contribution in [-0.2, 0) is 11.4 Å². The van der Waals surface area contributed by atoms with Crippen LogP contribution in [0.5, 0.6) is 17.2 Å². The normalized spacial score (nSPS) is 15.0. The molecule has 4 aromatic rings. The Morgan fingerprint density at radius 2 is 1.85 bits per heavy atom. The molecular formula is C26H18BrClO6. The number of ether oxygens (including phenoxy) is 3. The number of fused-ring (bicyclic) bond motifs is 3. The summed E-state index contributed by atoms with van der Waals surface area (Å²) >= 11 is 9.65. The van der Waals surface area contributed by atoms with Crippen molar-refractivity contribution in [3.8, 4) is 17.2 Å². The topological polar surface area (TPSA) is 75.0 Å². The van der Waals surface area contributed by atoms with E-state index >= 15 is 0 Å². The van der Waals surface area contributed by atoms with Crippen molar-refractivity contribution < 1.29 is 23.4 Å². The van der Waals surface area contributed by atoms with Crippen molar-refractivity contribution in [1.82, 2.24) is 0 Å². The van der Waals surface area contributed by atoms with E-state index < -0.39 is 17.5 Å². The van der Waals surface area contributed by atoms with Crippen LogP contribution in [0.1, 0.15) is 29.0 Å². The molecule has 0 bridgehead atoms. The van der Waals surface area contributed by atoms with Crippen molar-refractivity contribution in [2.45, 2.75) is 18.9 Å². The van der Waals surface area contributed by atoms with Crippen LogP contribution in [0.2, 0.25) is 5.02 Å². The molecule has 1 aliphatic heterocycles. The molecule has 0 amide bonds. The Kier molecular flexibility index (Phi) is 6.06. The molecule has 0 saturated heterocycles. The van der Waals surface area contributed by atoms with Crippen molar-refractivity contribution in [2.24, 2.45) is 0 Å². The van der Waals surface area contributed by atoms with E-state index in [-0.39, 0.29) is 18.8 Å². The van der Waals surface area contributed by atoms with Crippen molar-refractivity contribution in [1.29, 1.82) is 0 Å². The lowest BCUT2D eigenvalue weighted by atomic mass is 9.86. The summed E-state index contributed by atoms with van der Waals surface area (Å²) in [6.07, 6.45) is 0.0151. The Morgan fingerprint density at radius 1 is 1.06 bits per heavy atom. The third-order valence-corrected chi connectivity index (χ3v) is 6.51. The van der Waals surface area contributed by atoms with E-state index in [2.05, 4.69) is 15.9 Å². The first-order valence-corrected chi connectivity index (χ1v) is 11.6. The van der Waals surface area contributed by atoms with Gasteiger partial charge in [-0.2, -0.15) is 0 Å². The lowest BCUT2D eigenvalue weighted by molar-refractivity contribution is -0.135. The van der Waals surface area contributed by atoms with Crippen molar-refractivity contribution in [3.05, 3.63) is 97.3 Å². The predicted octanol–water partition coefficient (Wildman–Crippen LogP) is 6.24. The summed E-state index contributed by atoms with van der Waals surface area (Å²) in [6.45, 7) is 0.175. The van der Waals surface area contributed by atoms with Gasteiger partial charge in [0.1, 0.15) is 23.7 Å². The summed E-state index contributed by atoms with van der Waals surface area (Å²) in [5.74, 6) is 0.446. The number of carbonyl (C=O) groups is 1. The molecule has 0 fully saturated rings. The monoisotopic (exact) mass is 540 g/mol. The van der Waals surface area contributed by atoms with E-state index in [1.807, 2.05) is 18.2 Å². The molecule has 0 spiro atoms. The van der Waals surface area contributed by atoms with E-state index in [0.29, 0.717) is 33.1 Å². The molecule has 6 nitrogen and oxygen atoms in total. The molecule has 2 heterocycles. The Morgan fingerprint density at radius 3 is 2.65 bits per heavy atom. The van der Waals surface area contributed by atoms with Gasteiger partial charge >= 0.3 is 11.6 Å². The second kappa shape index (κ2) is 9.16. The van der Waals surface area contributed by atoms with Gasteiger partial charge in [0.15, 0.2) is 5.75 Å².